The monoisotopic (exact) mass is 346 g/mol. The van der Waals surface area contributed by atoms with Gasteiger partial charge in [0, 0.05) is 17.1 Å². The Labute approximate surface area is 140 Å². The molecule has 22 heavy (non-hydrogen) atoms. The van der Waals surface area contributed by atoms with Crippen LogP contribution >= 0.6 is 34.7 Å². The van der Waals surface area contributed by atoms with Crippen molar-refractivity contribution in [3.8, 4) is 23.3 Å². The zero-order valence-electron chi connectivity index (χ0n) is 11.1. The van der Waals surface area contributed by atoms with Gasteiger partial charge in [0.15, 0.2) is 5.82 Å². The smallest absolute Gasteiger partial charge is 0.224 e. The van der Waals surface area contributed by atoms with E-state index in [2.05, 4.69) is 9.37 Å². The van der Waals surface area contributed by atoms with Crippen LogP contribution in [0.5, 0.6) is 0 Å². The Morgan fingerprint density at radius 3 is 2.41 bits per heavy atom. The van der Waals surface area contributed by atoms with E-state index >= 15 is 0 Å². The van der Waals surface area contributed by atoms with Gasteiger partial charge in [-0.25, -0.2) is 0 Å². The van der Waals surface area contributed by atoms with Crippen LogP contribution in [0.4, 0.5) is 0 Å². The Morgan fingerprint density at radius 1 is 1.05 bits per heavy atom. The minimum Gasteiger partial charge on any atom is -0.266 e. The predicted octanol–water partition coefficient (Wildman–Crippen LogP) is 4.29. The minimum absolute atomic E-state index is 0.436. The number of aromatic nitrogens is 2. The maximum absolute atomic E-state index is 8.88. The summed E-state index contributed by atoms with van der Waals surface area (Å²) in [6.07, 6.45) is 1.79. The molecule has 0 fully saturated rings. The summed E-state index contributed by atoms with van der Waals surface area (Å²) in [7, 11) is 0. The van der Waals surface area contributed by atoms with Crippen molar-refractivity contribution in [2.45, 2.75) is 0 Å². The molecule has 0 unspecified atom stereocenters. The number of benzene rings is 2. The summed E-state index contributed by atoms with van der Waals surface area (Å²) in [6.45, 7) is 0. The van der Waals surface area contributed by atoms with Crippen molar-refractivity contribution >= 4 is 34.7 Å². The number of rotatable bonds is 2. The molecular weight excluding hydrogens is 339 g/mol. The minimum atomic E-state index is 0.436. The lowest BCUT2D eigenvalue weighted by Crippen LogP contribution is -2.14. The second-order valence-corrected chi connectivity index (χ2v) is 5.81. The molecule has 0 aliphatic heterocycles. The molecule has 3 rings (SSSR count). The van der Waals surface area contributed by atoms with E-state index in [0.29, 0.717) is 26.4 Å². The summed E-state index contributed by atoms with van der Waals surface area (Å²) in [5.74, 6) is 0.595. The van der Waals surface area contributed by atoms with Gasteiger partial charge in [-0.3, -0.25) is 4.57 Å². The first kappa shape index (κ1) is 14.8. The van der Waals surface area contributed by atoms with Gasteiger partial charge in [0.1, 0.15) is 0 Å². The SMILES string of the molecule is N#CN=c1snc(-c2ccccc2Cl)n1-c1ccccc1Cl. The average Bonchev–Trinajstić information content (AvgIpc) is 2.92. The van der Waals surface area contributed by atoms with Gasteiger partial charge in [-0.05, 0) is 24.3 Å². The number of hydrogen-bond acceptors (Lipinski definition) is 4. The molecule has 0 bridgehead atoms. The second kappa shape index (κ2) is 6.32. The van der Waals surface area contributed by atoms with Crippen LogP contribution < -0.4 is 4.80 Å². The summed E-state index contributed by atoms with van der Waals surface area (Å²) in [5, 5.41) is 9.99. The molecule has 4 nitrogen and oxygen atoms in total. The molecule has 0 saturated carbocycles. The summed E-state index contributed by atoms with van der Waals surface area (Å²) in [4.78, 5) is 4.26. The molecule has 0 aliphatic carbocycles. The Hall–Kier alpha value is -2.13. The van der Waals surface area contributed by atoms with Crippen LogP contribution in [0.1, 0.15) is 0 Å². The fourth-order valence-corrected chi connectivity index (χ4v) is 3.17. The molecule has 2 aromatic carbocycles. The molecule has 7 heteroatoms. The molecule has 0 amide bonds. The Kier molecular flexibility index (Phi) is 4.25. The maximum atomic E-state index is 8.88. The topological polar surface area (TPSA) is 54.0 Å². The highest BCUT2D eigenvalue weighted by molar-refractivity contribution is 7.03. The highest BCUT2D eigenvalue weighted by atomic mass is 35.5. The van der Waals surface area contributed by atoms with Crippen LogP contribution in [0, 0.1) is 11.5 Å². The molecule has 0 radical (unpaired) electrons. The molecule has 108 valence electrons. The first-order valence-electron chi connectivity index (χ1n) is 6.23. The van der Waals surface area contributed by atoms with Crippen LogP contribution in [0.2, 0.25) is 10.0 Å². The van der Waals surface area contributed by atoms with Gasteiger partial charge in [0.05, 0.1) is 15.7 Å². The fraction of sp³-hybridized carbons (Fsp3) is 0. The molecule has 0 N–H and O–H groups in total. The van der Waals surface area contributed by atoms with Gasteiger partial charge in [0.2, 0.25) is 11.0 Å². The first-order chi connectivity index (χ1) is 10.7. The second-order valence-electron chi connectivity index (χ2n) is 4.27. The van der Waals surface area contributed by atoms with E-state index in [9.17, 15) is 0 Å². The summed E-state index contributed by atoms with van der Waals surface area (Å²) >= 11 is 13.7. The van der Waals surface area contributed by atoms with E-state index in [4.69, 9.17) is 28.5 Å². The molecule has 1 heterocycles. The molecule has 0 aliphatic rings. The van der Waals surface area contributed by atoms with Crippen molar-refractivity contribution in [1.29, 1.82) is 5.26 Å². The van der Waals surface area contributed by atoms with Gasteiger partial charge in [-0.2, -0.15) is 9.64 Å². The van der Waals surface area contributed by atoms with Crippen LogP contribution in [0.15, 0.2) is 53.5 Å². The van der Waals surface area contributed by atoms with Crippen molar-refractivity contribution in [2.75, 3.05) is 0 Å². The van der Waals surface area contributed by atoms with Gasteiger partial charge < -0.3 is 0 Å². The van der Waals surface area contributed by atoms with Gasteiger partial charge >= 0.3 is 0 Å². The van der Waals surface area contributed by atoms with Crippen molar-refractivity contribution in [3.05, 3.63) is 63.4 Å². The van der Waals surface area contributed by atoms with Crippen LogP contribution in [0.25, 0.3) is 17.1 Å². The number of nitriles is 1. The molecule has 1 aromatic heterocycles. The molecule has 0 atom stereocenters. The maximum Gasteiger partial charge on any atom is 0.224 e. The van der Waals surface area contributed by atoms with Crippen LogP contribution in [-0.4, -0.2) is 8.94 Å². The lowest BCUT2D eigenvalue weighted by molar-refractivity contribution is 0.997. The third-order valence-corrected chi connectivity index (χ3v) is 4.32. The lowest BCUT2D eigenvalue weighted by atomic mass is 10.2. The van der Waals surface area contributed by atoms with E-state index < -0.39 is 0 Å². The number of para-hydroxylation sites is 1. The predicted molar refractivity (Wildman–Crippen MR) is 88.1 cm³/mol. The van der Waals surface area contributed by atoms with Crippen LogP contribution in [-0.2, 0) is 0 Å². The third kappa shape index (κ3) is 2.64. The van der Waals surface area contributed by atoms with E-state index in [0.717, 1.165) is 17.1 Å². The van der Waals surface area contributed by atoms with Crippen molar-refractivity contribution in [1.82, 2.24) is 8.94 Å². The van der Waals surface area contributed by atoms with Crippen molar-refractivity contribution in [2.24, 2.45) is 4.99 Å². The molecule has 0 saturated heterocycles. The van der Waals surface area contributed by atoms with Crippen molar-refractivity contribution in [3.63, 3.8) is 0 Å². The number of halogens is 2. The lowest BCUT2D eigenvalue weighted by Gasteiger charge is -2.09. The fourth-order valence-electron chi connectivity index (χ4n) is 2.03. The van der Waals surface area contributed by atoms with E-state index in [1.54, 1.807) is 22.9 Å². The normalized spacial score (nSPS) is 11.4. The Morgan fingerprint density at radius 2 is 1.73 bits per heavy atom. The van der Waals surface area contributed by atoms with E-state index in [1.165, 1.54) is 0 Å². The standard InChI is InChI=1S/C15H8Cl2N4S/c16-11-6-2-1-5-10(11)14-20-22-15(19-9-18)21(14)13-8-4-3-7-12(13)17/h1-8H. The first-order valence-corrected chi connectivity index (χ1v) is 7.76. The zero-order chi connectivity index (χ0) is 15.5. The largest absolute Gasteiger partial charge is 0.266 e. The summed E-state index contributed by atoms with van der Waals surface area (Å²) < 4.78 is 6.13. The number of nitrogens with zero attached hydrogens (tertiary/aromatic N) is 4. The van der Waals surface area contributed by atoms with Gasteiger partial charge in [-0.15, -0.1) is 4.99 Å². The van der Waals surface area contributed by atoms with E-state index in [1.807, 2.05) is 36.4 Å². The van der Waals surface area contributed by atoms with E-state index in [-0.39, 0.29) is 0 Å². The van der Waals surface area contributed by atoms with Gasteiger partial charge in [-0.1, -0.05) is 47.5 Å². The third-order valence-electron chi connectivity index (χ3n) is 2.97. The quantitative estimate of drug-likeness (QED) is 0.650. The summed E-state index contributed by atoms with van der Waals surface area (Å²) in [6, 6.07) is 14.7. The Bertz CT molecular complexity index is 937. The highest BCUT2D eigenvalue weighted by Gasteiger charge is 2.16. The highest BCUT2D eigenvalue weighted by Crippen LogP contribution is 2.29. The average molecular weight is 347 g/mol. The summed E-state index contributed by atoms with van der Waals surface area (Å²) in [5.41, 5.74) is 1.45. The zero-order valence-corrected chi connectivity index (χ0v) is 13.4. The van der Waals surface area contributed by atoms with Crippen LogP contribution in [0.3, 0.4) is 0 Å². The molecule has 0 spiro atoms. The van der Waals surface area contributed by atoms with Crippen molar-refractivity contribution < 1.29 is 0 Å². The molecular formula is C15H8Cl2N4S. The molecule has 3 aromatic rings. The number of hydrogen-bond donors (Lipinski definition) is 0. The van der Waals surface area contributed by atoms with Gasteiger partial charge in [0.25, 0.3) is 0 Å². The Balaban J connectivity index is 2.36.